The second kappa shape index (κ2) is 5.11. The zero-order chi connectivity index (χ0) is 13.2. The van der Waals surface area contributed by atoms with Crippen molar-refractivity contribution in [1.29, 1.82) is 0 Å². The Morgan fingerprint density at radius 1 is 1.32 bits per heavy atom. The summed E-state index contributed by atoms with van der Waals surface area (Å²) in [4.78, 5) is 11.3. The molecule has 0 spiro atoms. The maximum Gasteiger partial charge on any atom is 0.220 e. The van der Waals surface area contributed by atoms with Gasteiger partial charge in [-0.05, 0) is 36.5 Å². The largest absolute Gasteiger partial charge is 0.493 e. The summed E-state index contributed by atoms with van der Waals surface area (Å²) >= 11 is 0. The second-order valence-electron chi connectivity index (χ2n) is 5.37. The van der Waals surface area contributed by atoms with Crippen LogP contribution in [-0.4, -0.2) is 26.2 Å². The SMILES string of the molecule is COc1ccc(C2CNC(=O)C2)cc1OCC1CC1. The summed E-state index contributed by atoms with van der Waals surface area (Å²) in [5, 5.41) is 2.87. The average molecular weight is 261 g/mol. The molecule has 1 heterocycles. The number of carbonyl (C=O) groups excluding carboxylic acids is 1. The first kappa shape index (κ1) is 12.3. The number of rotatable bonds is 5. The van der Waals surface area contributed by atoms with Gasteiger partial charge in [-0.3, -0.25) is 4.79 Å². The first-order valence-corrected chi connectivity index (χ1v) is 6.83. The number of amides is 1. The Kier molecular flexibility index (Phi) is 3.32. The predicted molar refractivity (Wildman–Crippen MR) is 71.6 cm³/mol. The Morgan fingerprint density at radius 2 is 2.16 bits per heavy atom. The van der Waals surface area contributed by atoms with Gasteiger partial charge in [-0.2, -0.15) is 0 Å². The van der Waals surface area contributed by atoms with Crippen LogP contribution >= 0.6 is 0 Å². The van der Waals surface area contributed by atoms with Crippen LogP contribution in [0.3, 0.4) is 0 Å². The number of carbonyl (C=O) groups is 1. The van der Waals surface area contributed by atoms with E-state index >= 15 is 0 Å². The summed E-state index contributed by atoms with van der Waals surface area (Å²) in [7, 11) is 1.65. The fraction of sp³-hybridized carbons (Fsp3) is 0.533. The number of ether oxygens (including phenoxy) is 2. The van der Waals surface area contributed by atoms with Crippen molar-refractivity contribution in [1.82, 2.24) is 5.32 Å². The van der Waals surface area contributed by atoms with Gasteiger partial charge < -0.3 is 14.8 Å². The molecule has 0 bridgehead atoms. The highest BCUT2D eigenvalue weighted by Crippen LogP contribution is 2.35. The van der Waals surface area contributed by atoms with Gasteiger partial charge in [0.25, 0.3) is 0 Å². The van der Waals surface area contributed by atoms with Crippen molar-refractivity contribution in [2.45, 2.75) is 25.2 Å². The molecule has 3 rings (SSSR count). The Morgan fingerprint density at radius 3 is 2.79 bits per heavy atom. The fourth-order valence-corrected chi connectivity index (χ4v) is 2.39. The van der Waals surface area contributed by atoms with Gasteiger partial charge >= 0.3 is 0 Å². The molecule has 4 heteroatoms. The number of benzene rings is 1. The Hall–Kier alpha value is -1.71. The second-order valence-corrected chi connectivity index (χ2v) is 5.37. The van der Waals surface area contributed by atoms with Crippen LogP contribution in [0.5, 0.6) is 11.5 Å². The van der Waals surface area contributed by atoms with Crippen molar-refractivity contribution in [2.75, 3.05) is 20.3 Å². The monoisotopic (exact) mass is 261 g/mol. The molecule has 102 valence electrons. The summed E-state index contributed by atoms with van der Waals surface area (Å²) in [5.74, 6) is 2.65. The van der Waals surface area contributed by atoms with E-state index < -0.39 is 0 Å². The van der Waals surface area contributed by atoms with Crippen LogP contribution in [0.1, 0.15) is 30.7 Å². The van der Waals surface area contributed by atoms with Crippen molar-refractivity contribution in [3.05, 3.63) is 23.8 Å². The van der Waals surface area contributed by atoms with Gasteiger partial charge in [0.15, 0.2) is 11.5 Å². The minimum absolute atomic E-state index is 0.126. The number of hydrogen-bond acceptors (Lipinski definition) is 3. The third kappa shape index (κ3) is 2.83. The van der Waals surface area contributed by atoms with E-state index in [9.17, 15) is 4.79 Å². The van der Waals surface area contributed by atoms with Gasteiger partial charge in [-0.25, -0.2) is 0 Å². The lowest BCUT2D eigenvalue weighted by molar-refractivity contribution is -0.119. The quantitative estimate of drug-likeness (QED) is 0.883. The van der Waals surface area contributed by atoms with E-state index in [1.807, 2.05) is 18.2 Å². The number of hydrogen-bond donors (Lipinski definition) is 1. The topological polar surface area (TPSA) is 47.6 Å². The van der Waals surface area contributed by atoms with Crippen LogP contribution in [0.2, 0.25) is 0 Å². The highest BCUT2D eigenvalue weighted by Gasteiger charge is 2.25. The van der Waals surface area contributed by atoms with Crippen LogP contribution in [0, 0.1) is 5.92 Å². The third-order valence-electron chi connectivity index (χ3n) is 3.81. The molecular formula is C15H19NO3. The van der Waals surface area contributed by atoms with Gasteiger partial charge in [0.05, 0.1) is 13.7 Å². The van der Waals surface area contributed by atoms with Gasteiger partial charge in [-0.1, -0.05) is 6.07 Å². The summed E-state index contributed by atoms with van der Waals surface area (Å²) in [5.41, 5.74) is 1.14. The van der Waals surface area contributed by atoms with E-state index in [-0.39, 0.29) is 11.8 Å². The molecule has 2 aliphatic rings. The fourth-order valence-electron chi connectivity index (χ4n) is 2.39. The molecule has 4 nitrogen and oxygen atoms in total. The van der Waals surface area contributed by atoms with Crippen molar-refractivity contribution in [3.63, 3.8) is 0 Å². The molecule has 0 aromatic heterocycles. The van der Waals surface area contributed by atoms with E-state index in [1.165, 1.54) is 12.8 Å². The first-order chi connectivity index (χ1) is 9.26. The molecule has 1 saturated carbocycles. The van der Waals surface area contributed by atoms with Crippen LogP contribution in [0.15, 0.2) is 18.2 Å². The molecule has 1 amide bonds. The van der Waals surface area contributed by atoms with Crippen LogP contribution in [-0.2, 0) is 4.79 Å². The third-order valence-corrected chi connectivity index (χ3v) is 3.81. The summed E-state index contributed by atoms with van der Waals surface area (Å²) < 4.78 is 11.2. The summed E-state index contributed by atoms with van der Waals surface area (Å²) in [6.07, 6.45) is 3.10. The highest BCUT2D eigenvalue weighted by atomic mass is 16.5. The lowest BCUT2D eigenvalue weighted by Crippen LogP contribution is -2.13. The molecule has 1 aliphatic carbocycles. The lowest BCUT2D eigenvalue weighted by atomic mass is 9.98. The molecule has 1 aromatic carbocycles. The Bertz CT molecular complexity index is 482. The maximum absolute atomic E-state index is 11.3. The van der Waals surface area contributed by atoms with Crippen molar-refractivity contribution in [2.24, 2.45) is 5.92 Å². The van der Waals surface area contributed by atoms with E-state index in [4.69, 9.17) is 9.47 Å². The molecule has 1 N–H and O–H groups in total. The lowest BCUT2D eigenvalue weighted by Gasteiger charge is -2.14. The van der Waals surface area contributed by atoms with E-state index in [1.54, 1.807) is 7.11 Å². The maximum atomic E-state index is 11.3. The smallest absolute Gasteiger partial charge is 0.220 e. The minimum atomic E-state index is 0.126. The first-order valence-electron chi connectivity index (χ1n) is 6.83. The Labute approximate surface area is 113 Å². The number of methoxy groups -OCH3 is 1. The average Bonchev–Trinajstić information content (AvgIpc) is 3.16. The molecule has 1 aliphatic heterocycles. The van der Waals surface area contributed by atoms with Crippen molar-refractivity contribution >= 4 is 5.91 Å². The predicted octanol–water partition coefficient (Wildman–Crippen LogP) is 2.09. The van der Waals surface area contributed by atoms with E-state index in [2.05, 4.69) is 5.32 Å². The van der Waals surface area contributed by atoms with E-state index in [0.29, 0.717) is 18.9 Å². The molecule has 1 unspecified atom stereocenters. The zero-order valence-electron chi connectivity index (χ0n) is 11.1. The van der Waals surface area contributed by atoms with Crippen molar-refractivity contribution < 1.29 is 14.3 Å². The molecule has 1 atom stereocenters. The molecule has 19 heavy (non-hydrogen) atoms. The highest BCUT2D eigenvalue weighted by molar-refractivity contribution is 5.79. The van der Waals surface area contributed by atoms with Gasteiger partial charge in [0.1, 0.15) is 0 Å². The van der Waals surface area contributed by atoms with E-state index in [0.717, 1.165) is 23.7 Å². The summed E-state index contributed by atoms with van der Waals surface area (Å²) in [6.45, 7) is 1.48. The number of nitrogens with one attached hydrogen (secondary N) is 1. The molecular weight excluding hydrogens is 242 g/mol. The van der Waals surface area contributed by atoms with Crippen LogP contribution in [0.25, 0.3) is 0 Å². The van der Waals surface area contributed by atoms with Crippen LogP contribution in [0.4, 0.5) is 0 Å². The standard InChI is InChI=1S/C15H19NO3/c1-18-13-5-4-11(12-7-15(17)16-8-12)6-14(13)19-9-10-2-3-10/h4-6,10,12H,2-3,7-9H2,1H3,(H,16,17). The molecule has 0 radical (unpaired) electrons. The normalized spacial score (nSPS) is 22.2. The van der Waals surface area contributed by atoms with Gasteiger partial charge in [-0.15, -0.1) is 0 Å². The van der Waals surface area contributed by atoms with Crippen LogP contribution < -0.4 is 14.8 Å². The molecule has 1 saturated heterocycles. The Balaban J connectivity index is 1.76. The molecule has 1 aromatic rings. The van der Waals surface area contributed by atoms with Crippen molar-refractivity contribution in [3.8, 4) is 11.5 Å². The minimum Gasteiger partial charge on any atom is -0.493 e. The van der Waals surface area contributed by atoms with Gasteiger partial charge in [0.2, 0.25) is 5.91 Å². The summed E-state index contributed by atoms with van der Waals surface area (Å²) in [6, 6.07) is 5.97. The van der Waals surface area contributed by atoms with Gasteiger partial charge in [0, 0.05) is 18.9 Å². The molecule has 2 fully saturated rings. The zero-order valence-corrected chi connectivity index (χ0v) is 11.1.